The molecular weight excluding hydrogens is 418 g/mol. The summed E-state index contributed by atoms with van der Waals surface area (Å²) in [6.45, 7) is 1.31. The van der Waals surface area contributed by atoms with E-state index in [0.29, 0.717) is 36.2 Å². The standard InChI is InChI=1S/C25H23N5O3/c1-29(19-13-23(31)30(16-19)15-17-5-3-2-4-6-17)18-7-9-20(10-8-18)33-25-27-22-14-26-12-11-21(22)24(32)28-25/h2-12,14,19H,13,15-16H2,1H3,(H,27,28,32). The molecule has 0 bridgehead atoms. The first-order chi connectivity index (χ1) is 16.1. The van der Waals surface area contributed by atoms with Gasteiger partial charge < -0.3 is 19.6 Å². The van der Waals surface area contributed by atoms with Crippen molar-refractivity contribution in [3.63, 3.8) is 0 Å². The van der Waals surface area contributed by atoms with Crippen LogP contribution in [-0.2, 0) is 11.3 Å². The van der Waals surface area contributed by atoms with E-state index in [1.807, 2.05) is 66.5 Å². The average Bonchev–Trinajstić information content (AvgIpc) is 3.20. The number of rotatable bonds is 6. The topological polar surface area (TPSA) is 91.7 Å². The van der Waals surface area contributed by atoms with Gasteiger partial charge >= 0.3 is 6.01 Å². The van der Waals surface area contributed by atoms with Crippen LogP contribution >= 0.6 is 0 Å². The summed E-state index contributed by atoms with van der Waals surface area (Å²) in [5.41, 5.74) is 2.61. The summed E-state index contributed by atoms with van der Waals surface area (Å²) in [6.07, 6.45) is 3.60. The second kappa shape index (κ2) is 8.74. The number of ether oxygens (including phenoxy) is 1. The van der Waals surface area contributed by atoms with E-state index in [4.69, 9.17) is 4.74 Å². The molecule has 3 heterocycles. The zero-order chi connectivity index (χ0) is 22.8. The molecule has 2 aromatic heterocycles. The minimum Gasteiger partial charge on any atom is -0.493 e. The summed E-state index contributed by atoms with van der Waals surface area (Å²) in [5, 5.41) is 10.6. The van der Waals surface area contributed by atoms with Crippen molar-refractivity contribution in [2.24, 2.45) is 0 Å². The van der Waals surface area contributed by atoms with E-state index in [-0.39, 0.29) is 23.8 Å². The molecule has 1 unspecified atom stereocenters. The minimum absolute atomic E-state index is 0.0482. The van der Waals surface area contributed by atoms with Crippen molar-refractivity contribution in [2.45, 2.75) is 19.0 Å². The summed E-state index contributed by atoms with van der Waals surface area (Å²) in [4.78, 5) is 28.9. The number of fused-ring (bicyclic) bond motifs is 1. The summed E-state index contributed by atoms with van der Waals surface area (Å²) in [5.74, 6) is 0.557. The van der Waals surface area contributed by atoms with Gasteiger partial charge in [0, 0.05) is 38.4 Å². The molecular formula is C25H23N5O3. The predicted octanol–water partition coefficient (Wildman–Crippen LogP) is 3.76. The van der Waals surface area contributed by atoms with Crippen molar-refractivity contribution >= 4 is 22.5 Å². The highest BCUT2D eigenvalue weighted by atomic mass is 16.5. The van der Waals surface area contributed by atoms with Crippen LogP contribution in [0.2, 0.25) is 0 Å². The normalized spacial score (nSPS) is 15.7. The highest BCUT2D eigenvalue weighted by Gasteiger charge is 2.32. The highest BCUT2D eigenvalue weighted by Crippen LogP contribution is 2.28. The first-order valence-corrected chi connectivity index (χ1v) is 10.7. The molecule has 1 saturated heterocycles. The largest absolute Gasteiger partial charge is 0.493 e. The quantitative estimate of drug-likeness (QED) is 0.487. The SMILES string of the molecule is CN(c1ccc(Oc2nc(O)c3ccncc3n2)cc1)C1CC(=O)N(Cc2ccccc2)C1. The Morgan fingerprint density at radius 2 is 1.88 bits per heavy atom. The number of carbonyl (C=O) groups excluding carboxylic acids is 1. The fourth-order valence-corrected chi connectivity index (χ4v) is 4.02. The third kappa shape index (κ3) is 4.41. The van der Waals surface area contributed by atoms with Crippen LogP contribution in [0.3, 0.4) is 0 Å². The molecule has 1 amide bonds. The van der Waals surface area contributed by atoms with Crippen molar-refractivity contribution in [2.75, 3.05) is 18.5 Å². The van der Waals surface area contributed by atoms with Crippen LogP contribution in [0.1, 0.15) is 12.0 Å². The Morgan fingerprint density at radius 3 is 2.67 bits per heavy atom. The van der Waals surface area contributed by atoms with Gasteiger partial charge in [0.2, 0.25) is 11.8 Å². The first-order valence-electron chi connectivity index (χ1n) is 10.7. The molecule has 33 heavy (non-hydrogen) atoms. The molecule has 4 aromatic rings. The molecule has 1 atom stereocenters. The Bertz CT molecular complexity index is 1280. The van der Waals surface area contributed by atoms with Gasteiger partial charge in [-0.1, -0.05) is 30.3 Å². The van der Waals surface area contributed by atoms with Gasteiger partial charge in [-0.3, -0.25) is 9.78 Å². The fraction of sp³-hybridized carbons (Fsp3) is 0.200. The van der Waals surface area contributed by atoms with Gasteiger partial charge in [-0.2, -0.15) is 9.97 Å². The van der Waals surface area contributed by atoms with Crippen molar-refractivity contribution in [1.29, 1.82) is 0 Å². The molecule has 1 N–H and O–H groups in total. The number of aromatic hydroxyl groups is 1. The van der Waals surface area contributed by atoms with Crippen LogP contribution in [0.25, 0.3) is 10.9 Å². The fourth-order valence-electron chi connectivity index (χ4n) is 4.02. The third-order valence-electron chi connectivity index (χ3n) is 5.87. The second-order valence-corrected chi connectivity index (χ2v) is 8.05. The maximum atomic E-state index is 12.5. The van der Waals surface area contributed by atoms with Crippen LogP contribution < -0.4 is 9.64 Å². The molecule has 1 fully saturated rings. The number of anilines is 1. The van der Waals surface area contributed by atoms with E-state index in [2.05, 4.69) is 19.9 Å². The van der Waals surface area contributed by atoms with Crippen LogP contribution in [0.5, 0.6) is 17.6 Å². The number of carbonyl (C=O) groups is 1. The lowest BCUT2D eigenvalue weighted by Crippen LogP contribution is -2.34. The number of likely N-dealkylation sites (tertiary alicyclic amines) is 1. The molecule has 1 aliphatic heterocycles. The molecule has 5 rings (SSSR count). The summed E-state index contributed by atoms with van der Waals surface area (Å²) < 4.78 is 5.74. The van der Waals surface area contributed by atoms with Gasteiger partial charge in [0.05, 0.1) is 23.1 Å². The van der Waals surface area contributed by atoms with Gasteiger partial charge in [0.15, 0.2) is 0 Å². The van der Waals surface area contributed by atoms with Crippen LogP contribution in [0.4, 0.5) is 5.69 Å². The van der Waals surface area contributed by atoms with E-state index in [1.165, 1.54) is 0 Å². The molecule has 8 heteroatoms. The monoisotopic (exact) mass is 441 g/mol. The zero-order valence-electron chi connectivity index (χ0n) is 18.1. The molecule has 0 spiro atoms. The maximum Gasteiger partial charge on any atom is 0.325 e. The lowest BCUT2D eigenvalue weighted by molar-refractivity contribution is -0.128. The molecule has 0 saturated carbocycles. The van der Waals surface area contributed by atoms with Crippen LogP contribution in [0.15, 0.2) is 73.1 Å². The zero-order valence-corrected chi connectivity index (χ0v) is 18.1. The van der Waals surface area contributed by atoms with E-state index < -0.39 is 0 Å². The number of likely N-dealkylation sites (N-methyl/N-ethyl adjacent to an activating group) is 1. The number of amides is 1. The van der Waals surface area contributed by atoms with Gasteiger partial charge in [-0.25, -0.2) is 0 Å². The Kier molecular flexibility index (Phi) is 5.48. The molecule has 2 aromatic carbocycles. The van der Waals surface area contributed by atoms with E-state index in [9.17, 15) is 9.90 Å². The van der Waals surface area contributed by atoms with Gasteiger partial charge in [-0.05, 0) is 35.9 Å². The summed E-state index contributed by atoms with van der Waals surface area (Å²) >= 11 is 0. The lowest BCUT2D eigenvalue weighted by atomic mass is 10.2. The number of nitrogens with zero attached hydrogens (tertiary/aromatic N) is 5. The van der Waals surface area contributed by atoms with Gasteiger partial charge in [-0.15, -0.1) is 0 Å². The number of benzene rings is 2. The number of hydrogen-bond acceptors (Lipinski definition) is 7. The number of aromatic nitrogens is 3. The van der Waals surface area contributed by atoms with Crippen molar-refractivity contribution < 1.29 is 14.6 Å². The highest BCUT2D eigenvalue weighted by molar-refractivity contribution is 5.82. The Morgan fingerprint density at radius 1 is 1.09 bits per heavy atom. The average molecular weight is 441 g/mol. The van der Waals surface area contributed by atoms with E-state index >= 15 is 0 Å². The molecule has 8 nitrogen and oxygen atoms in total. The summed E-state index contributed by atoms with van der Waals surface area (Å²) in [7, 11) is 2.00. The second-order valence-electron chi connectivity index (χ2n) is 8.05. The van der Waals surface area contributed by atoms with Gasteiger partial charge in [0.25, 0.3) is 0 Å². The first kappa shape index (κ1) is 20.7. The number of hydrogen-bond donors (Lipinski definition) is 1. The molecule has 166 valence electrons. The Labute approximate surface area is 191 Å². The molecule has 1 aliphatic rings. The Balaban J connectivity index is 1.25. The summed E-state index contributed by atoms with van der Waals surface area (Å²) in [6, 6.07) is 19.3. The third-order valence-corrected chi connectivity index (χ3v) is 5.87. The van der Waals surface area contributed by atoms with Crippen molar-refractivity contribution in [3.8, 4) is 17.6 Å². The van der Waals surface area contributed by atoms with Gasteiger partial charge in [0.1, 0.15) is 5.75 Å². The minimum atomic E-state index is -0.153. The predicted molar refractivity (Wildman–Crippen MR) is 124 cm³/mol. The lowest BCUT2D eigenvalue weighted by Gasteiger charge is -2.26. The maximum absolute atomic E-state index is 12.5. The smallest absolute Gasteiger partial charge is 0.325 e. The molecule has 0 aliphatic carbocycles. The molecule has 0 radical (unpaired) electrons. The van der Waals surface area contributed by atoms with Crippen LogP contribution in [0, 0.1) is 0 Å². The van der Waals surface area contributed by atoms with Crippen molar-refractivity contribution in [1.82, 2.24) is 19.9 Å². The van der Waals surface area contributed by atoms with E-state index in [1.54, 1.807) is 18.5 Å². The van der Waals surface area contributed by atoms with Crippen molar-refractivity contribution in [3.05, 3.63) is 78.6 Å². The number of pyridine rings is 1. The van der Waals surface area contributed by atoms with E-state index in [0.717, 1.165) is 11.3 Å². The Hall–Kier alpha value is -4.20. The van der Waals surface area contributed by atoms with Crippen LogP contribution in [-0.4, -0.2) is 50.5 Å².